The Kier molecular flexibility index (Phi) is 2.83. The van der Waals surface area contributed by atoms with Crippen LogP contribution in [0.5, 0.6) is 5.75 Å². The van der Waals surface area contributed by atoms with E-state index < -0.39 is 0 Å². The normalized spacial score (nSPS) is 13.0. The average molecular weight is 206 g/mol. The lowest BCUT2D eigenvalue weighted by Gasteiger charge is -2.09. The van der Waals surface area contributed by atoms with E-state index in [0.717, 1.165) is 0 Å². The SMILES string of the molecule is C[C@H](N)c1cc(Cl)cc(Cl)c1O. The summed E-state index contributed by atoms with van der Waals surface area (Å²) < 4.78 is 0. The number of hydrogen-bond donors (Lipinski definition) is 2. The van der Waals surface area contributed by atoms with Gasteiger partial charge in [0.05, 0.1) is 5.02 Å². The number of hydrogen-bond acceptors (Lipinski definition) is 2. The van der Waals surface area contributed by atoms with Crippen molar-refractivity contribution < 1.29 is 5.11 Å². The van der Waals surface area contributed by atoms with Gasteiger partial charge in [-0.25, -0.2) is 0 Å². The fourth-order valence-corrected chi connectivity index (χ4v) is 1.44. The molecule has 0 heterocycles. The predicted molar refractivity (Wildman–Crippen MR) is 50.7 cm³/mol. The first-order valence-corrected chi connectivity index (χ1v) is 4.21. The second-order valence-corrected chi connectivity index (χ2v) is 3.46. The lowest BCUT2D eigenvalue weighted by Crippen LogP contribution is -2.05. The monoisotopic (exact) mass is 205 g/mol. The Balaban J connectivity index is 3.28. The van der Waals surface area contributed by atoms with Crippen molar-refractivity contribution in [1.82, 2.24) is 0 Å². The Hall–Kier alpha value is -0.440. The summed E-state index contributed by atoms with van der Waals surface area (Å²) in [5, 5.41) is 10.1. The largest absolute Gasteiger partial charge is 0.506 e. The molecule has 1 aromatic rings. The van der Waals surface area contributed by atoms with E-state index in [9.17, 15) is 5.11 Å². The third kappa shape index (κ3) is 1.83. The molecule has 0 radical (unpaired) electrons. The summed E-state index contributed by atoms with van der Waals surface area (Å²) in [7, 11) is 0. The lowest BCUT2D eigenvalue weighted by atomic mass is 10.1. The van der Waals surface area contributed by atoms with E-state index in [-0.39, 0.29) is 16.8 Å². The summed E-state index contributed by atoms with van der Waals surface area (Å²) in [6, 6.07) is 2.80. The van der Waals surface area contributed by atoms with E-state index in [1.54, 1.807) is 13.0 Å². The maximum atomic E-state index is 9.42. The van der Waals surface area contributed by atoms with Gasteiger partial charge in [-0.2, -0.15) is 0 Å². The minimum Gasteiger partial charge on any atom is -0.506 e. The molecule has 0 bridgehead atoms. The quantitative estimate of drug-likeness (QED) is 0.741. The van der Waals surface area contributed by atoms with Crippen LogP contribution in [0, 0.1) is 0 Å². The fraction of sp³-hybridized carbons (Fsp3) is 0.250. The Morgan fingerprint density at radius 2 is 2.00 bits per heavy atom. The van der Waals surface area contributed by atoms with Gasteiger partial charge in [-0.15, -0.1) is 0 Å². The van der Waals surface area contributed by atoms with Crippen LogP contribution in [0.1, 0.15) is 18.5 Å². The lowest BCUT2D eigenvalue weighted by molar-refractivity contribution is 0.464. The van der Waals surface area contributed by atoms with Crippen LogP contribution < -0.4 is 5.73 Å². The molecule has 1 rings (SSSR count). The van der Waals surface area contributed by atoms with Gasteiger partial charge in [-0.3, -0.25) is 0 Å². The van der Waals surface area contributed by atoms with Crippen LogP contribution in [0.3, 0.4) is 0 Å². The molecular weight excluding hydrogens is 197 g/mol. The van der Waals surface area contributed by atoms with Gasteiger partial charge in [0, 0.05) is 16.6 Å². The molecule has 0 saturated heterocycles. The van der Waals surface area contributed by atoms with Gasteiger partial charge in [-0.05, 0) is 19.1 Å². The van der Waals surface area contributed by atoms with Crippen LogP contribution in [0.4, 0.5) is 0 Å². The molecule has 0 unspecified atom stereocenters. The van der Waals surface area contributed by atoms with Crippen LogP contribution in [0.15, 0.2) is 12.1 Å². The maximum Gasteiger partial charge on any atom is 0.139 e. The molecular formula is C8H9Cl2NO. The summed E-state index contributed by atoms with van der Waals surface area (Å²) >= 11 is 11.4. The number of aromatic hydroxyl groups is 1. The van der Waals surface area contributed by atoms with E-state index in [1.807, 2.05) is 0 Å². The number of benzene rings is 1. The van der Waals surface area contributed by atoms with Crippen LogP contribution in [-0.4, -0.2) is 5.11 Å². The second-order valence-electron chi connectivity index (χ2n) is 2.61. The highest BCUT2D eigenvalue weighted by atomic mass is 35.5. The Morgan fingerprint density at radius 1 is 1.42 bits per heavy atom. The maximum absolute atomic E-state index is 9.42. The van der Waals surface area contributed by atoms with E-state index in [0.29, 0.717) is 10.6 Å². The van der Waals surface area contributed by atoms with Crippen molar-refractivity contribution in [3.63, 3.8) is 0 Å². The molecule has 1 atom stereocenters. The van der Waals surface area contributed by atoms with Crippen LogP contribution in [0.2, 0.25) is 10.0 Å². The van der Waals surface area contributed by atoms with Crippen molar-refractivity contribution in [2.75, 3.05) is 0 Å². The van der Waals surface area contributed by atoms with Crippen LogP contribution in [-0.2, 0) is 0 Å². The van der Waals surface area contributed by atoms with Gasteiger partial charge in [0.25, 0.3) is 0 Å². The summed E-state index contributed by atoms with van der Waals surface area (Å²) in [6.07, 6.45) is 0. The molecule has 0 aromatic heterocycles. The van der Waals surface area contributed by atoms with E-state index in [2.05, 4.69) is 0 Å². The van der Waals surface area contributed by atoms with Gasteiger partial charge in [-0.1, -0.05) is 23.2 Å². The molecule has 0 aliphatic carbocycles. The van der Waals surface area contributed by atoms with Crippen molar-refractivity contribution >= 4 is 23.2 Å². The van der Waals surface area contributed by atoms with Crippen LogP contribution in [0.25, 0.3) is 0 Å². The summed E-state index contributed by atoms with van der Waals surface area (Å²) in [6.45, 7) is 1.75. The number of phenols is 1. The molecule has 0 saturated carbocycles. The third-order valence-corrected chi connectivity index (χ3v) is 2.05. The minimum absolute atomic E-state index is 0.0102. The zero-order valence-electron chi connectivity index (χ0n) is 6.51. The Bertz CT molecular complexity index is 299. The number of phenolic OH excluding ortho intramolecular Hbond substituents is 1. The molecule has 0 fully saturated rings. The number of halogens is 2. The average Bonchev–Trinajstić information content (AvgIpc) is 1.96. The molecule has 12 heavy (non-hydrogen) atoms. The summed E-state index contributed by atoms with van der Waals surface area (Å²) in [5.41, 5.74) is 6.14. The van der Waals surface area contributed by atoms with Gasteiger partial charge >= 0.3 is 0 Å². The minimum atomic E-state index is -0.277. The zero-order valence-corrected chi connectivity index (χ0v) is 8.02. The Morgan fingerprint density at radius 3 is 2.50 bits per heavy atom. The van der Waals surface area contributed by atoms with Crippen LogP contribution >= 0.6 is 23.2 Å². The zero-order chi connectivity index (χ0) is 9.30. The number of nitrogens with two attached hydrogens (primary N) is 1. The highest BCUT2D eigenvalue weighted by Gasteiger charge is 2.10. The molecule has 4 heteroatoms. The highest BCUT2D eigenvalue weighted by Crippen LogP contribution is 2.33. The van der Waals surface area contributed by atoms with E-state index in [4.69, 9.17) is 28.9 Å². The third-order valence-electron chi connectivity index (χ3n) is 1.55. The smallest absolute Gasteiger partial charge is 0.139 e. The van der Waals surface area contributed by atoms with Gasteiger partial charge in [0.2, 0.25) is 0 Å². The van der Waals surface area contributed by atoms with Gasteiger partial charge in [0.1, 0.15) is 5.75 Å². The highest BCUT2D eigenvalue weighted by molar-refractivity contribution is 6.35. The molecule has 0 spiro atoms. The molecule has 0 aliphatic rings. The topological polar surface area (TPSA) is 46.2 Å². The second kappa shape index (κ2) is 3.52. The van der Waals surface area contributed by atoms with Crippen molar-refractivity contribution in [2.24, 2.45) is 5.73 Å². The van der Waals surface area contributed by atoms with E-state index in [1.165, 1.54) is 6.07 Å². The van der Waals surface area contributed by atoms with E-state index >= 15 is 0 Å². The van der Waals surface area contributed by atoms with Gasteiger partial charge in [0.15, 0.2) is 0 Å². The predicted octanol–water partition coefficient (Wildman–Crippen LogP) is 2.72. The fourth-order valence-electron chi connectivity index (χ4n) is 0.933. The van der Waals surface area contributed by atoms with Crippen molar-refractivity contribution in [3.05, 3.63) is 27.7 Å². The Labute approximate surface area is 80.9 Å². The molecule has 1 aromatic carbocycles. The van der Waals surface area contributed by atoms with Crippen molar-refractivity contribution in [1.29, 1.82) is 0 Å². The first-order chi connectivity index (χ1) is 5.52. The van der Waals surface area contributed by atoms with Gasteiger partial charge < -0.3 is 10.8 Å². The molecule has 66 valence electrons. The van der Waals surface area contributed by atoms with Crippen molar-refractivity contribution in [2.45, 2.75) is 13.0 Å². The molecule has 0 aliphatic heterocycles. The first-order valence-electron chi connectivity index (χ1n) is 3.46. The molecule has 0 amide bonds. The summed E-state index contributed by atoms with van der Waals surface area (Å²) in [4.78, 5) is 0. The summed E-state index contributed by atoms with van der Waals surface area (Å²) in [5.74, 6) is 0.0102. The molecule has 2 nitrogen and oxygen atoms in total. The standard InChI is InChI=1S/C8H9Cl2NO/c1-4(11)6-2-5(9)3-7(10)8(6)12/h2-4,12H,11H2,1H3/t4-/m0/s1. The number of rotatable bonds is 1. The first kappa shape index (κ1) is 9.65. The van der Waals surface area contributed by atoms with Crippen molar-refractivity contribution in [3.8, 4) is 5.75 Å². The molecule has 3 N–H and O–H groups in total.